The van der Waals surface area contributed by atoms with Gasteiger partial charge in [-0.25, -0.2) is 23.2 Å². The van der Waals surface area contributed by atoms with Gasteiger partial charge in [0.1, 0.15) is 49.3 Å². The van der Waals surface area contributed by atoms with Crippen LogP contribution in [0.25, 0.3) is 5.69 Å². The number of rotatable bonds is 13. The lowest BCUT2D eigenvalue weighted by molar-refractivity contribution is -0.192. The van der Waals surface area contributed by atoms with Crippen molar-refractivity contribution in [3.05, 3.63) is 119 Å². The largest absolute Gasteiger partial charge is 0.491 e. The van der Waals surface area contributed by atoms with Gasteiger partial charge >= 0.3 is 5.69 Å². The molecular formula is C40H47F2N7O4. The van der Waals surface area contributed by atoms with Crippen LogP contribution in [0.2, 0.25) is 0 Å². The van der Waals surface area contributed by atoms with Gasteiger partial charge in [-0.15, -0.1) is 0 Å². The normalized spacial score (nSPS) is 20.2. The Morgan fingerprint density at radius 3 is 2.17 bits per heavy atom. The summed E-state index contributed by atoms with van der Waals surface area (Å²) in [6.45, 7) is 12.6. The first kappa shape index (κ1) is 36.4. The minimum Gasteiger partial charge on any atom is -0.491 e. The maximum atomic E-state index is 14.9. The number of hydrogen-bond acceptors (Lipinski definition) is 8. The third kappa shape index (κ3) is 7.72. The predicted octanol–water partition coefficient (Wildman–Crippen LogP) is 6.43. The third-order valence-electron chi connectivity index (χ3n) is 10.7. The molecule has 53 heavy (non-hydrogen) atoms. The summed E-state index contributed by atoms with van der Waals surface area (Å²) in [4.78, 5) is 22.1. The second-order valence-electron chi connectivity index (χ2n) is 14.3. The summed E-state index contributed by atoms with van der Waals surface area (Å²) in [6, 6.07) is 19.7. The van der Waals surface area contributed by atoms with Gasteiger partial charge < -0.3 is 24.0 Å². The summed E-state index contributed by atoms with van der Waals surface area (Å²) in [6.07, 6.45) is 7.07. The van der Waals surface area contributed by atoms with Gasteiger partial charge in [-0.1, -0.05) is 27.7 Å². The molecule has 11 nitrogen and oxygen atoms in total. The van der Waals surface area contributed by atoms with E-state index in [-0.39, 0.29) is 37.1 Å². The molecule has 2 aliphatic heterocycles. The van der Waals surface area contributed by atoms with E-state index < -0.39 is 23.5 Å². The van der Waals surface area contributed by atoms with Gasteiger partial charge in [-0.05, 0) is 78.9 Å². The van der Waals surface area contributed by atoms with Gasteiger partial charge in [0.25, 0.3) is 0 Å². The van der Waals surface area contributed by atoms with Gasteiger partial charge in [0.15, 0.2) is 0 Å². The molecule has 1 unspecified atom stereocenters. The van der Waals surface area contributed by atoms with Crippen molar-refractivity contribution in [1.29, 1.82) is 0 Å². The Bertz CT molecular complexity index is 2010. The van der Waals surface area contributed by atoms with E-state index in [4.69, 9.17) is 14.2 Å². The Labute approximate surface area is 308 Å². The number of halogens is 2. The highest BCUT2D eigenvalue weighted by Crippen LogP contribution is 2.38. The van der Waals surface area contributed by atoms with Crippen LogP contribution in [-0.2, 0) is 21.8 Å². The van der Waals surface area contributed by atoms with Crippen LogP contribution >= 0.6 is 0 Å². The lowest BCUT2D eigenvalue weighted by Gasteiger charge is -2.37. The topological polar surface area (TPSA) is 91.8 Å². The molecule has 280 valence electrons. The van der Waals surface area contributed by atoms with Gasteiger partial charge in [-0.3, -0.25) is 9.13 Å². The molecule has 0 N–H and O–H groups in total. The number of nitrogens with zero attached hydrogens (tertiary/aromatic N) is 7. The Morgan fingerprint density at radius 2 is 1.57 bits per heavy atom. The van der Waals surface area contributed by atoms with Crippen molar-refractivity contribution in [3.8, 4) is 11.4 Å². The molecule has 2 fully saturated rings. The third-order valence-corrected chi connectivity index (χ3v) is 10.7. The molecule has 2 aliphatic rings. The molecule has 0 saturated carbocycles. The summed E-state index contributed by atoms with van der Waals surface area (Å²) in [5.41, 5.74) is 3.19. The zero-order chi connectivity index (χ0) is 37.1. The quantitative estimate of drug-likeness (QED) is 0.137. The molecule has 0 spiro atoms. The van der Waals surface area contributed by atoms with Crippen molar-refractivity contribution >= 4 is 11.4 Å². The Morgan fingerprint density at radius 1 is 0.906 bits per heavy atom. The zero-order valence-corrected chi connectivity index (χ0v) is 30.6. The molecule has 4 heterocycles. The first-order chi connectivity index (χ1) is 25.6. The number of piperazine rings is 1. The van der Waals surface area contributed by atoms with Crippen molar-refractivity contribution in [2.24, 2.45) is 11.8 Å². The second kappa shape index (κ2) is 15.5. The summed E-state index contributed by atoms with van der Waals surface area (Å²) in [5.74, 6) is -1.39. The van der Waals surface area contributed by atoms with Gasteiger partial charge in [0.2, 0.25) is 5.79 Å². The molecule has 13 heteroatoms. The smallest absolute Gasteiger partial charge is 0.332 e. The van der Waals surface area contributed by atoms with Crippen LogP contribution in [0.1, 0.15) is 45.7 Å². The minimum absolute atomic E-state index is 0.00275. The van der Waals surface area contributed by atoms with Crippen LogP contribution in [0.15, 0.2) is 96.6 Å². The Kier molecular flexibility index (Phi) is 10.7. The molecule has 0 bridgehead atoms. The Balaban J connectivity index is 0.921. The summed E-state index contributed by atoms with van der Waals surface area (Å²) >= 11 is 0. The molecule has 7 rings (SSSR count). The van der Waals surface area contributed by atoms with Crippen molar-refractivity contribution in [1.82, 2.24) is 23.9 Å². The first-order valence-corrected chi connectivity index (χ1v) is 18.4. The molecular weight excluding hydrogens is 680 g/mol. The van der Waals surface area contributed by atoms with E-state index in [2.05, 4.69) is 59.7 Å². The highest BCUT2D eigenvalue weighted by atomic mass is 19.1. The predicted molar refractivity (Wildman–Crippen MR) is 199 cm³/mol. The second-order valence-corrected chi connectivity index (χ2v) is 14.3. The van der Waals surface area contributed by atoms with E-state index in [9.17, 15) is 13.6 Å². The molecule has 2 saturated heterocycles. The SMILES string of the molecule is CC[C@@H]([C@H](C)C(C)C)n1ccn(-c2ccc(N3CCN(c4ccc(OC[C@H]5COC(Cn6cncn6)(c6ccc(F)cc6F)O5)cc4)CC3)cc2)c1=O. The van der Waals surface area contributed by atoms with Crippen molar-refractivity contribution in [2.45, 2.75) is 58.6 Å². The molecule has 5 aromatic rings. The number of aromatic nitrogens is 5. The number of imidazole rings is 1. The van der Waals surface area contributed by atoms with Crippen molar-refractivity contribution < 1.29 is 23.0 Å². The van der Waals surface area contributed by atoms with Crippen molar-refractivity contribution in [2.75, 3.05) is 49.2 Å². The average Bonchev–Trinajstić information content (AvgIpc) is 3.93. The standard InChI is InChI=1S/C40H47F2N7O4/c1-5-38(29(4)28(2)3)49-21-20-48(39(49)50)33-9-7-31(8-10-33)45-16-18-46(19-17-45)32-11-13-34(14-12-32)51-23-35-24-52-40(53-35,25-47-27-43-26-44-47)36-15-6-30(41)22-37(36)42/h6-15,20-22,26-29,35,38H,5,16-19,23-25H2,1-4H3/t29-,35+,38+,40?/m1/s1. The number of ether oxygens (including phenoxy) is 3. The first-order valence-electron chi connectivity index (χ1n) is 18.4. The molecule has 0 aliphatic carbocycles. The van der Waals surface area contributed by atoms with Crippen LogP contribution in [0.5, 0.6) is 5.75 Å². The van der Waals surface area contributed by atoms with Crippen molar-refractivity contribution in [3.63, 3.8) is 0 Å². The minimum atomic E-state index is -1.51. The van der Waals surface area contributed by atoms with Crippen LogP contribution < -0.4 is 20.2 Å². The lowest BCUT2D eigenvalue weighted by atomic mass is 9.89. The number of benzene rings is 3. The van der Waals surface area contributed by atoms with Crippen LogP contribution in [0.4, 0.5) is 20.2 Å². The number of hydrogen-bond donors (Lipinski definition) is 0. The maximum Gasteiger partial charge on any atom is 0.332 e. The highest BCUT2D eigenvalue weighted by Gasteiger charge is 2.46. The fourth-order valence-electron chi connectivity index (χ4n) is 7.38. The van der Waals surface area contributed by atoms with E-state index in [0.29, 0.717) is 17.6 Å². The summed E-state index contributed by atoms with van der Waals surface area (Å²) < 4.78 is 52.1. The van der Waals surface area contributed by atoms with Crippen LogP contribution in [-0.4, -0.2) is 69.4 Å². The van der Waals surface area contributed by atoms with Gasteiger partial charge in [0.05, 0.1) is 12.3 Å². The van der Waals surface area contributed by atoms with E-state index in [1.165, 1.54) is 29.5 Å². The molecule has 2 aromatic heterocycles. The lowest BCUT2D eigenvalue weighted by Crippen LogP contribution is -2.46. The van der Waals surface area contributed by atoms with Crippen LogP contribution in [0, 0.1) is 23.5 Å². The Hall–Kier alpha value is -5.01. The molecule has 4 atom stereocenters. The zero-order valence-electron chi connectivity index (χ0n) is 30.6. The summed E-state index contributed by atoms with van der Waals surface area (Å²) in [5, 5.41) is 4.11. The average molecular weight is 728 g/mol. The summed E-state index contributed by atoms with van der Waals surface area (Å²) in [7, 11) is 0. The maximum absolute atomic E-state index is 14.9. The number of anilines is 2. The fraction of sp³-hybridized carbons (Fsp3) is 0.425. The highest BCUT2D eigenvalue weighted by molar-refractivity contribution is 5.55. The van der Waals surface area contributed by atoms with E-state index in [1.54, 1.807) is 4.57 Å². The van der Waals surface area contributed by atoms with E-state index in [0.717, 1.165) is 55.7 Å². The molecule has 0 radical (unpaired) electrons. The van der Waals surface area contributed by atoms with Gasteiger partial charge in [0, 0.05) is 67.6 Å². The monoisotopic (exact) mass is 727 g/mol. The van der Waals surface area contributed by atoms with E-state index >= 15 is 0 Å². The van der Waals surface area contributed by atoms with E-state index in [1.807, 2.05) is 53.4 Å². The van der Waals surface area contributed by atoms with Crippen LogP contribution in [0.3, 0.4) is 0 Å². The van der Waals surface area contributed by atoms with Gasteiger partial charge in [-0.2, -0.15) is 5.10 Å². The molecule has 0 amide bonds. The fourth-order valence-corrected chi connectivity index (χ4v) is 7.38. The molecule has 3 aromatic carbocycles.